The second-order valence-corrected chi connectivity index (χ2v) is 7.27. The van der Waals surface area contributed by atoms with Crippen molar-refractivity contribution in [1.82, 2.24) is 4.98 Å². The third kappa shape index (κ3) is 4.35. The first-order valence-corrected chi connectivity index (χ1v) is 9.15. The van der Waals surface area contributed by atoms with Crippen LogP contribution in [-0.4, -0.2) is 24.0 Å². The smallest absolute Gasteiger partial charge is 0.228 e. The molecule has 5 heteroatoms. The van der Waals surface area contributed by atoms with Crippen molar-refractivity contribution in [3.63, 3.8) is 0 Å². The van der Waals surface area contributed by atoms with Gasteiger partial charge >= 0.3 is 0 Å². The van der Waals surface area contributed by atoms with Crippen molar-refractivity contribution in [3.8, 4) is 0 Å². The number of pyridine rings is 1. The standard InChI is InChI=1S/C19H22BrN3O/c1-14-5-4-10-23(13-14)18-9-8-16(12-21-18)22-19(24)11-15-6-2-3-7-17(15)20/h2-3,6-9,12,14H,4-5,10-11,13H2,1H3,(H,22,24). The summed E-state index contributed by atoms with van der Waals surface area (Å²) in [4.78, 5) is 19.0. The first-order chi connectivity index (χ1) is 11.6. The molecule has 1 aliphatic rings. The number of nitrogens with zero attached hydrogens (tertiary/aromatic N) is 2. The van der Waals surface area contributed by atoms with Gasteiger partial charge in [-0.15, -0.1) is 0 Å². The molecule has 0 radical (unpaired) electrons. The molecule has 1 N–H and O–H groups in total. The number of hydrogen-bond acceptors (Lipinski definition) is 3. The van der Waals surface area contributed by atoms with E-state index in [4.69, 9.17) is 0 Å². The molecule has 1 fully saturated rings. The van der Waals surface area contributed by atoms with Crippen molar-refractivity contribution in [2.24, 2.45) is 5.92 Å². The summed E-state index contributed by atoms with van der Waals surface area (Å²) in [6.45, 7) is 4.40. The van der Waals surface area contributed by atoms with E-state index in [1.165, 1.54) is 12.8 Å². The lowest BCUT2D eigenvalue weighted by Gasteiger charge is -2.31. The number of rotatable bonds is 4. The lowest BCUT2D eigenvalue weighted by Crippen LogP contribution is -2.34. The largest absolute Gasteiger partial charge is 0.356 e. The number of piperidine rings is 1. The average Bonchev–Trinajstić information content (AvgIpc) is 2.58. The van der Waals surface area contributed by atoms with E-state index in [-0.39, 0.29) is 5.91 Å². The second-order valence-electron chi connectivity index (χ2n) is 6.41. The van der Waals surface area contributed by atoms with Gasteiger partial charge in [0.25, 0.3) is 0 Å². The highest BCUT2D eigenvalue weighted by molar-refractivity contribution is 9.10. The Bertz CT molecular complexity index is 702. The number of carbonyl (C=O) groups excluding carboxylic acids is 1. The third-order valence-corrected chi connectivity index (χ3v) is 5.10. The van der Waals surface area contributed by atoms with Gasteiger partial charge in [0, 0.05) is 17.6 Å². The van der Waals surface area contributed by atoms with E-state index >= 15 is 0 Å². The van der Waals surface area contributed by atoms with Crippen molar-refractivity contribution < 1.29 is 4.79 Å². The monoisotopic (exact) mass is 387 g/mol. The molecule has 1 aliphatic heterocycles. The van der Waals surface area contributed by atoms with E-state index in [1.54, 1.807) is 6.20 Å². The summed E-state index contributed by atoms with van der Waals surface area (Å²) < 4.78 is 0.952. The van der Waals surface area contributed by atoms with Gasteiger partial charge < -0.3 is 10.2 Å². The predicted molar refractivity (Wildman–Crippen MR) is 101 cm³/mol. The summed E-state index contributed by atoms with van der Waals surface area (Å²) in [5, 5.41) is 2.92. The van der Waals surface area contributed by atoms with Gasteiger partial charge in [-0.3, -0.25) is 4.79 Å². The van der Waals surface area contributed by atoms with Gasteiger partial charge in [0.2, 0.25) is 5.91 Å². The van der Waals surface area contributed by atoms with E-state index in [0.29, 0.717) is 12.3 Å². The molecule has 4 nitrogen and oxygen atoms in total. The molecule has 1 amide bonds. The number of amides is 1. The molecule has 126 valence electrons. The summed E-state index contributed by atoms with van der Waals surface area (Å²) in [5.41, 5.74) is 1.71. The van der Waals surface area contributed by atoms with Crippen molar-refractivity contribution in [2.75, 3.05) is 23.3 Å². The predicted octanol–water partition coefficient (Wildman–Crippen LogP) is 4.26. The van der Waals surface area contributed by atoms with Gasteiger partial charge in [-0.1, -0.05) is 41.1 Å². The van der Waals surface area contributed by atoms with E-state index in [9.17, 15) is 4.79 Å². The van der Waals surface area contributed by atoms with Crippen LogP contribution >= 0.6 is 15.9 Å². The Kier molecular flexibility index (Phi) is 5.51. The summed E-state index contributed by atoms with van der Waals surface area (Å²) >= 11 is 3.47. The van der Waals surface area contributed by atoms with Crippen molar-refractivity contribution in [1.29, 1.82) is 0 Å². The van der Waals surface area contributed by atoms with Gasteiger partial charge in [-0.25, -0.2) is 4.98 Å². The minimum Gasteiger partial charge on any atom is -0.356 e. The number of carbonyl (C=O) groups is 1. The second kappa shape index (κ2) is 7.79. The minimum absolute atomic E-state index is 0.0388. The van der Waals surface area contributed by atoms with Crippen molar-refractivity contribution >= 4 is 33.3 Å². The first-order valence-electron chi connectivity index (χ1n) is 8.36. The van der Waals surface area contributed by atoms with Crippen molar-refractivity contribution in [2.45, 2.75) is 26.2 Å². The molecule has 0 bridgehead atoms. The molecule has 1 aromatic carbocycles. The summed E-state index contributed by atoms with van der Waals surface area (Å²) in [6.07, 6.45) is 4.59. The zero-order valence-electron chi connectivity index (χ0n) is 13.8. The third-order valence-electron chi connectivity index (χ3n) is 4.32. The zero-order valence-corrected chi connectivity index (χ0v) is 15.4. The highest BCUT2D eigenvalue weighted by Gasteiger charge is 2.17. The molecular formula is C19H22BrN3O. The fourth-order valence-electron chi connectivity index (χ4n) is 3.06. The Labute approximate surface area is 151 Å². The van der Waals surface area contributed by atoms with Gasteiger partial charge in [0.05, 0.1) is 18.3 Å². The van der Waals surface area contributed by atoms with Gasteiger partial charge in [-0.05, 0) is 42.5 Å². The van der Waals surface area contributed by atoms with Crippen LogP contribution in [0.5, 0.6) is 0 Å². The lowest BCUT2D eigenvalue weighted by molar-refractivity contribution is -0.115. The number of nitrogens with one attached hydrogen (secondary N) is 1. The topological polar surface area (TPSA) is 45.2 Å². The van der Waals surface area contributed by atoms with Crippen LogP contribution in [0.15, 0.2) is 47.1 Å². The molecule has 3 rings (SSSR count). The molecule has 1 unspecified atom stereocenters. The van der Waals surface area contributed by atoms with E-state index in [0.717, 1.165) is 34.6 Å². The molecule has 2 aromatic rings. The lowest BCUT2D eigenvalue weighted by atomic mass is 10.0. The number of anilines is 2. The Hall–Kier alpha value is -1.88. The van der Waals surface area contributed by atoms with Gasteiger partial charge in [0.1, 0.15) is 5.82 Å². The van der Waals surface area contributed by atoms with Crippen LogP contribution in [0, 0.1) is 5.92 Å². The Morgan fingerprint density at radius 1 is 1.33 bits per heavy atom. The molecule has 2 heterocycles. The van der Waals surface area contributed by atoms with Crippen LogP contribution in [0.25, 0.3) is 0 Å². The van der Waals surface area contributed by atoms with Crippen LogP contribution in [0.1, 0.15) is 25.3 Å². The molecule has 1 aromatic heterocycles. The zero-order chi connectivity index (χ0) is 16.9. The first kappa shape index (κ1) is 17.0. The number of halogens is 1. The molecule has 0 saturated carbocycles. The molecule has 0 spiro atoms. The Morgan fingerprint density at radius 3 is 2.88 bits per heavy atom. The highest BCUT2D eigenvalue weighted by atomic mass is 79.9. The maximum atomic E-state index is 12.2. The summed E-state index contributed by atoms with van der Waals surface area (Å²) in [5.74, 6) is 1.66. The van der Waals surface area contributed by atoms with Gasteiger partial charge in [0.15, 0.2) is 0 Å². The van der Waals surface area contributed by atoms with Crippen LogP contribution < -0.4 is 10.2 Å². The quantitative estimate of drug-likeness (QED) is 0.851. The van der Waals surface area contributed by atoms with Crippen LogP contribution in [0.2, 0.25) is 0 Å². The maximum Gasteiger partial charge on any atom is 0.228 e. The van der Waals surface area contributed by atoms with E-state index < -0.39 is 0 Å². The molecule has 1 atom stereocenters. The van der Waals surface area contributed by atoms with E-state index in [2.05, 4.69) is 38.1 Å². The SMILES string of the molecule is CC1CCCN(c2ccc(NC(=O)Cc3ccccc3Br)cn2)C1. The van der Waals surface area contributed by atoms with Crippen LogP contribution in [0.3, 0.4) is 0 Å². The molecule has 1 saturated heterocycles. The number of benzene rings is 1. The minimum atomic E-state index is -0.0388. The summed E-state index contributed by atoms with van der Waals surface area (Å²) in [7, 11) is 0. The highest BCUT2D eigenvalue weighted by Crippen LogP contribution is 2.22. The fourth-order valence-corrected chi connectivity index (χ4v) is 3.49. The molecule has 24 heavy (non-hydrogen) atoms. The Balaban J connectivity index is 1.59. The summed E-state index contributed by atoms with van der Waals surface area (Å²) in [6, 6.07) is 11.7. The van der Waals surface area contributed by atoms with Gasteiger partial charge in [-0.2, -0.15) is 0 Å². The van der Waals surface area contributed by atoms with Crippen LogP contribution in [-0.2, 0) is 11.2 Å². The fraction of sp³-hybridized carbons (Fsp3) is 0.368. The normalized spacial score (nSPS) is 17.6. The molecular weight excluding hydrogens is 366 g/mol. The van der Waals surface area contributed by atoms with Crippen LogP contribution in [0.4, 0.5) is 11.5 Å². The maximum absolute atomic E-state index is 12.2. The van der Waals surface area contributed by atoms with Crippen molar-refractivity contribution in [3.05, 3.63) is 52.6 Å². The molecule has 0 aliphatic carbocycles. The Morgan fingerprint density at radius 2 is 2.17 bits per heavy atom. The number of aromatic nitrogens is 1. The number of hydrogen-bond donors (Lipinski definition) is 1. The average molecular weight is 388 g/mol. The van der Waals surface area contributed by atoms with E-state index in [1.807, 2.05) is 36.4 Å².